The summed E-state index contributed by atoms with van der Waals surface area (Å²) in [6.45, 7) is 10.8. The van der Waals surface area contributed by atoms with Crippen LogP contribution in [-0.4, -0.2) is 12.3 Å². The maximum Gasteiger partial charge on any atom is 0.121 e. The maximum atomic E-state index is 10.3. The Bertz CT molecular complexity index is 225. The molecule has 0 aromatic rings. The van der Waals surface area contributed by atoms with Crippen LogP contribution >= 0.6 is 0 Å². The molecule has 3 atom stereocenters. The molecule has 0 saturated heterocycles. The molecule has 2 heteroatoms. The van der Waals surface area contributed by atoms with E-state index >= 15 is 0 Å². The average molecular weight is 239 g/mol. The Balaban J connectivity index is 3.82. The molecule has 17 heavy (non-hydrogen) atoms. The van der Waals surface area contributed by atoms with Crippen LogP contribution in [0.2, 0.25) is 0 Å². The van der Waals surface area contributed by atoms with E-state index in [1.165, 1.54) is 18.4 Å². The number of rotatable bonds is 10. The van der Waals surface area contributed by atoms with E-state index in [1.807, 2.05) is 0 Å². The molecule has 0 amide bonds. The predicted octanol–water partition coefficient (Wildman–Crippen LogP) is 3.70. The fraction of sp³-hybridized carbons (Fsp3) is 0.800. The van der Waals surface area contributed by atoms with Crippen molar-refractivity contribution in [3.8, 4) is 0 Å². The van der Waals surface area contributed by atoms with Gasteiger partial charge in [-0.25, -0.2) is 0 Å². The molecule has 0 fully saturated rings. The summed E-state index contributed by atoms with van der Waals surface area (Å²) in [5.41, 5.74) is 7.23. The Morgan fingerprint density at radius 2 is 1.94 bits per heavy atom. The molecule has 3 unspecified atom stereocenters. The van der Waals surface area contributed by atoms with Crippen LogP contribution in [0.1, 0.15) is 59.3 Å². The standard InChI is InChI=1S/C15H29NO/c1-5-6-12(2)9-13(3)10-14(4)11-15(16)7-8-17/h8,13-15H,2,5-7,9-11,16H2,1,3-4H3. The smallest absolute Gasteiger partial charge is 0.121 e. The van der Waals surface area contributed by atoms with E-state index in [9.17, 15) is 4.79 Å². The highest BCUT2D eigenvalue weighted by atomic mass is 16.1. The molecular weight excluding hydrogens is 210 g/mol. The summed E-state index contributed by atoms with van der Waals surface area (Å²) in [5, 5.41) is 0. The van der Waals surface area contributed by atoms with Crippen LogP contribution in [0.5, 0.6) is 0 Å². The van der Waals surface area contributed by atoms with Gasteiger partial charge in [0.15, 0.2) is 0 Å². The molecule has 0 aliphatic carbocycles. The number of nitrogens with two attached hydrogens (primary N) is 1. The Hall–Kier alpha value is -0.630. The molecule has 0 aromatic heterocycles. The third-order valence-corrected chi connectivity index (χ3v) is 3.15. The number of allylic oxidation sites excluding steroid dienone is 1. The fourth-order valence-corrected chi connectivity index (χ4v) is 2.55. The van der Waals surface area contributed by atoms with Gasteiger partial charge in [-0.2, -0.15) is 0 Å². The van der Waals surface area contributed by atoms with Crippen LogP contribution in [-0.2, 0) is 4.79 Å². The summed E-state index contributed by atoms with van der Waals surface area (Å²) in [4.78, 5) is 10.3. The SMILES string of the molecule is C=C(CCC)CC(C)CC(C)CC(N)CC=O. The van der Waals surface area contributed by atoms with Crippen LogP contribution < -0.4 is 5.73 Å². The topological polar surface area (TPSA) is 43.1 Å². The van der Waals surface area contributed by atoms with Crippen LogP contribution in [0.4, 0.5) is 0 Å². The van der Waals surface area contributed by atoms with Gasteiger partial charge < -0.3 is 10.5 Å². The first kappa shape index (κ1) is 16.4. The monoisotopic (exact) mass is 239 g/mol. The molecule has 0 heterocycles. The lowest BCUT2D eigenvalue weighted by Gasteiger charge is -2.20. The molecule has 0 spiro atoms. The number of hydrogen-bond donors (Lipinski definition) is 1. The normalized spacial score (nSPS) is 16.2. The third-order valence-electron chi connectivity index (χ3n) is 3.15. The van der Waals surface area contributed by atoms with Gasteiger partial charge in [0.1, 0.15) is 6.29 Å². The lowest BCUT2D eigenvalue weighted by atomic mass is 9.87. The number of aldehydes is 1. The zero-order chi connectivity index (χ0) is 13.3. The number of carbonyl (C=O) groups excluding carboxylic acids is 1. The molecule has 0 saturated carbocycles. The van der Waals surface area contributed by atoms with Crippen molar-refractivity contribution in [1.82, 2.24) is 0 Å². The summed E-state index contributed by atoms with van der Waals surface area (Å²) in [5.74, 6) is 1.27. The van der Waals surface area contributed by atoms with Crippen LogP contribution in [0.3, 0.4) is 0 Å². The highest BCUT2D eigenvalue weighted by molar-refractivity contribution is 5.50. The van der Waals surface area contributed by atoms with Gasteiger partial charge in [0.05, 0.1) is 0 Å². The predicted molar refractivity (Wildman–Crippen MR) is 74.9 cm³/mol. The molecule has 0 radical (unpaired) electrons. The molecule has 2 nitrogen and oxygen atoms in total. The van der Waals surface area contributed by atoms with E-state index in [0.29, 0.717) is 18.3 Å². The zero-order valence-electron chi connectivity index (χ0n) is 11.7. The van der Waals surface area contributed by atoms with Gasteiger partial charge in [-0.1, -0.05) is 39.3 Å². The lowest BCUT2D eigenvalue weighted by Crippen LogP contribution is -2.23. The van der Waals surface area contributed by atoms with Crippen molar-refractivity contribution >= 4 is 6.29 Å². The minimum Gasteiger partial charge on any atom is -0.327 e. The summed E-state index contributed by atoms with van der Waals surface area (Å²) < 4.78 is 0. The van der Waals surface area contributed by atoms with Crippen molar-refractivity contribution in [1.29, 1.82) is 0 Å². The first-order valence-electron chi connectivity index (χ1n) is 6.85. The lowest BCUT2D eigenvalue weighted by molar-refractivity contribution is -0.108. The summed E-state index contributed by atoms with van der Waals surface area (Å²) in [6, 6.07) is 0.0357. The second-order valence-electron chi connectivity index (χ2n) is 5.55. The van der Waals surface area contributed by atoms with Crippen molar-refractivity contribution in [3.05, 3.63) is 12.2 Å². The minimum absolute atomic E-state index is 0.0357. The van der Waals surface area contributed by atoms with Gasteiger partial charge >= 0.3 is 0 Å². The highest BCUT2D eigenvalue weighted by Crippen LogP contribution is 2.23. The first-order valence-corrected chi connectivity index (χ1v) is 6.85. The van der Waals surface area contributed by atoms with Crippen LogP contribution in [0.15, 0.2) is 12.2 Å². The third kappa shape index (κ3) is 9.11. The minimum atomic E-state index is 0.0357. The summed E-state index contributed by atoms with van der Waals surface area (Å²) in [7, 11) is 0. The molecule has 2 N–H and O–H groups in total. The largest absolute Gasteiger partial charge is 0.327 e. The van der Waals surface area contributed by atoms with Crippen LogP contribution in [0, 0.1) is 11.8 Å². The second kappa shape index (κ2) is 9.41. The van der Waals surface area contributed by atoms with Gasteiger partial charge in [0, 0.05) is 12.5 Å². The highest BCUT2D eigenvalue weighted by Gasteiger charge is 2.13. The van der Waals surface area contributed by atoms with Crippen molar-refractivity contribution in [3.63, 3.8) is 0 Å². The Morgan fingerprint density at radius 3 is 2.47 bits per heavy atom. The molecule has 0 rings (SSSR count). The molecule has 0 aliphatic rings. The second-order valence-corrected chi connectivity index (χ2v) is 5.55. The van der Waals surface area contributed by atoms with Crippen molar-refractivity contribution in [2.75, 3.05) is 0 Å². The summed E-state index contributed by atoms with van der Waals surface area (Å²) >= 11 is 0. The van der Waals surface area contributed by atoms with Gasteiger partial charge in [0.25, 0.3) is 0 Å². The number of hydrogen-bond acceptors (Lipinski definition) is 2. The molecular formula is C15H29NO. The van der Waals surface area contributed by atoms with Gasteiger partial charge in [-0.05, 0) is 37.5 Å². The quantitative estimate of drug-likeness (QED) is 0.466. The van der Waals surface area contributed by atoms with Crippen molar-refractivity contribution in [2.24, 2.45) is 17.6 Å². The van der Waals surface area contributed by atoms with Gasteiger partial charge in [0.2, 0.25) is 0 Å². The fourth-order valence-electron chi connectivity index (χ4n) is 2.55. The van der Waals surface area contributed by atoms with Gasteiger partial charge in [-0.3, -0.25) is 0 Å². The number of carbonyl (C=O) groups is 1. The Morgan fingerprint density at radius 1 is 1.29 bits per heavy atom. The maximum absolute atomic E-state index is 10.3. The van der Waals surface area contributed by atoms with Gasteiger partial charge in [-0.15, -0.1) is 0 Å². The van der Waals surface area contributed by atoms with E-state index in [-0.39, 0.29) is 6.04 Å². The van der Waals surface area contributed by atoms with E-state index < -0.39 is 0 Å². The molecule has 0 aliphatic heterocycles. The van der Waals surface area contributed by atoms with E-state index in [0.717, 1.165) is 25.5 Å². The van der Waals surface area contributed by atoms with E-state index in [2.05, 4.69) is 27.4 Å². The van der Waals surface area contributed by atoms with Crippen molar-refractivity contribution < 1.29 is 4.79 Å². The Labute approximate surface area is 107 Å². The average Bonchev–Trinajstić information content (AvgIpc) is 2.16. The van der Waals surface area contributed by atoms with Crippen LogP contribution in [0.25, 0.3) is 0 Å². The molecule has 0 aromatic carbocycles. The zero-order valence-corrected chi connectivity index (χ0v) is 11.7. The molecule has 100 valence electrons. The van der Waals surface area contributed by atoms with Crippen molar-refractivity contribution in [2.45, 2.75) is 65.3 Å². The van der Waals surface area contributed by atoms with E-state index in [1.54, 1.807) is 0 Å². The Kier molecular flexibility index (Phi) is 9.06. The van der Waals surface area contributed by atoms with E-state index in [4.69, 9.17) is 5.73 Å². The molecule has 0 bridgehead atoms. The summed E-state index contributed by atoms with van der Waals surface area (Å²) in [6.07, 6.45) is 6.99. The first-order chi connectivity index (χ1) is 7.99.